The first-order valence-corrected chi connectivity index (χ1v) is 18.4. The third-order valence-electron chi connectivity index (χ3n) is 10.4. The van der Waals surface area contributed by atoms with Gasteiger partial charge in [0.1, 0.15) is 11.2 Å². The van der Waals surface area contributed by atoms with Crippen molar-refractivity contribution in [3.05, 3.63) is 194 Å². The number of para-hydroxylation sites is 4. The first kappa shape index (κ1) is 27.0. The first-order chi connectivity index (χ1) is 29.8. The van der Waals surface area contributed by atoms with Gasteiger partial charge >= 0.3 is 0 Å². The number of aromatic nitrogens is 4. The van der Waals surface area contributed by atoms with Crippen molar-refractivity contribution >= 4 is 43.7 Å². The SMILES string of the molecule is [2H]c1c([2H])c([2H])c(-c2ccc(-c3nc(-c4ccccc4)nc(-c4cccc5c4oc4c(-c6ccc7c(c6)c6ccccc6n7-c6ccccc6)cccc45)n3)cc2)c([2H])c1[2H]. The molecular weight excluding hydrogens is 685 g/mol. The Labute approximate surface area is 329 Å². The second kappa shape index (κ2) is 13.0. The van der Waals surface area contributed by atoms with Gasteiger partial charge in [-0.1, -0.05) is 158 Å². The van der Waals surface area contributed by atoms with Crippen LogP contribution in [0, 0.1) is 0 Å². The van der Waals surface area contributed by atoms with Crippen molar-refractivity contribution in [1.82, 2.24) is 19.5 Å². The molecule has 262 valence electrons. The number of fused-ring (bicyclic) bond motifs is 6. The number of furan rings is 1. The van der Waals surface area contributed by atoms with Crippen molar-refractivity contribution < 1.29 is 11.3 Å². The van der Waals surface area contributed by atoms with E-state index in [1.165, 1.54) is 5.39 Å². The van der Waals surface area contributed by atoms with Gasteiger partial charge in [-0.05, 0) is 53.1 Å². The maximum atomic E-state index is 8.48. The van der Waals surface area contributed by atoms with Crippen molar-refractivity contribution in [1.29, 1.82) is 0 Å². The lowest BCUT2D eigenvalue weighted by atomic mass is 10.00. The monoisotopic (exact) mass is 721 g/mol. The molecule has 0 aliphatic carbocycles. The smallest absolute Gasteiger partial charge is 0.167 e. The lowest BCUT2D eigenvalue weighted by Gasteiger charge is -2.09. The Hall–Kier alpha value is -7.63. The second-order valence-electron chi connectivity index (χ2n) is 13.6. The summed E-state index contributed by atoms with van der Waals surface area (Å²) < 4.78 is 50.5. The molecule has 0 fully saturated rings. The highest BCUT2D eigenvalue weighted by Crippen LogP contribution is 2.41. The zero-order valence-electron chi connectivity index (χ0n) is 34.8. The Morgan fingerprint density at radius 2 is 0.946 bits per heavy atom. The van der Waals surface area contributed by atoms with Crippen molar-refractivity contribution in [3.8, 4) is 62.1 Å². The Bertz CT molecular complexity index is 3500. The first-order valence-electron chi connectivity index (χ1n) is 20.9. The van der Waals surface area contributed by atoms with Gasteiger partial charge < -0.3 is 8.98 Å². The molecule has 0 radical (unpaired) electrons. The van der Waals surface area contributed by atoms with E-state index in [1.807, 2.05) is 48.5 Å². The average Bonchev–Trinajstić information content (AvgIpc) is 3.87. The lowest BCUT2D eigenvalue weighted by molar-refractivity contribution is 0.670. The molecular formula is C51H32N4O. The fourth-order valence-corrected chi connectivity index (χ4v) is 7.74. The second-order valence-corrected chi connectivity index (χ2v) is 13.6. The topological polar surface area (TPSA) is 56.7 Å². The Morgan fingerprint density at radius 1 is 0.393 bits per heavy atom. The zero-order valence-corrected chi connectivity index (χ0v) is 29.8. The van der Waals surface area contributed by atoms with E-state index in [2.05, 4.69) is 95.6 Å². The maximum Gasteiger partial charge on any atom is 0.167 e. The van der Waals surface area contributed by atoms with E-state index in [0.29, 0.717) is 39.7 Å². The number of hydrogen-bond donors (Lipinski definition) is 0. The summed E-state index contributed by atoms with van der Waals surface area (Å²) in [5, 5.41) is 4.23. The van der Waals surface area contributed by atoms with E-state index in [1.54, 1.807) is 24.3 Å². The maximum absolute atomic E-state index is 8.48. The van der Waals surface area contributed by atoms with Crippen molar-refractivity contribution in [2.45, 2.75) is 0 Å². The molecule has 0 aliphatic rings. The summed E-state index contributed by atoms with van der Waals surface area (Å²) in [6.07, 6.45) is 0. The largest absolute Gasteiger partial charge is 0.455 e. The molecule has 0 bridgehead atoms. The molecule has 0 saturated heterocycles. The quantitative estimate of drug-likeness (QED) is 0.172. The predicted octanol–water partition coefficient (Wildman–Crippen LogP) is 13.2. The Balaban J connectivity index is 1.06. The normalized spacial score (nSPS) is 12.8. The highest BCUT2D eigenvalue weighted by Gasteiger charge is 2.20. The van der Waals surface area contributed by atoms with Crippen LogP contribution in [0.5, 0.6) is 0 Å². The molecule has 3 aromatic heterocycles. The van der Waals surface area contributed by atoms with E-state index >= 15 is 0 Å². The Morgan fingerprint density at radius 3 is 1.70 bits per heavy atom. The third kappa shape index (κ3) is 5.29. The summed E-state index contributed by atoms with van der Waals surface area (Å²) >= 11 is 0. The van der Waals surface area contributed by atoms with E-state index in [-0.39, 0.29) is 29.7 Å². The van der Waals surface area contributed by atoms with Crippen LogP contribution in [-0.2, 0) is 0 Å². The molecule has 0 atom stereocenters. The molecule has 8 aromatic carbocycles. The van der Waals surface area contributed by atoms with Gasteiger partial charge in [0.2, 0.25) is 0 Å². The van der Waals surface area contributed by atoms with Gasteiger partial charge in [-0.2, -0.15) is 0 Å². The van der Waals surface area contributed by atoms with Gasteiger partial charge in [0.05, 0.1) is 23.5 Å². The fraction of sp³-hybridized carbons (Fsp3) is 0. The minimum Gasteiger partial charge on any atom is -0.455 e. The summed E-state index contributed by atoms with van der Waals surface area (Å²) in [6, 6.07) is 52.9. The molecule has 0 aliphatic heterocycles. The summed E-state index contributed by atoms with van der Waals surface area (Å²) in [5.74, 6) is 1.32. The van der Waals surface area contributed by atoms with E-state index in [0.717, 1.165) is 55.2 Å². The van der Waals surface area contributed by atoms with Gasteiger partial charge in [-0.3, -0.25) is 0 Å². The molecule has 11 rings (SSSR count). The molecule has 0 saturated carbocycles. The van der Waals surface area contributed by atoms with Gasteiger partial charge in [0.25, 0.3) is 0 Å². The van der Waals surface area contributed by atoms with Crippen LogP contribution in [0.1, 0.15) is 6.85 Å². The van der Waals surface area contributed by atoms with E-state index < -0.39 is 6.04 Å². The lowest BCUT2D eigenvalue weighted by Crippen LogP contribution is -2.00. The van der Waals surface area contributed by atoms with Gasteiger partial charge in [-0.25, -0.2) is 15.0 Å². The molecule has 0 spiro atoms. The van der Waals surface area contributed by atoms with Crippen LogP contribution < -0.4 is 0 Å². The predicted molar refractivity (Wildman–Crippen MR) is 229 cm³/mol. The van der Waals surface area contributed by atoms with Crippen molar-refractivity contribution in [2.24, 2.45) is 0 Å². The van der Waals surface area contributed by atoms with Crippen LogP contribution in [0.25, 0.3) is 106 Å². The number of nitrogens with zero attached hydrogens (tertiary/aromatic N) is 4. The van der Waals surface area contributed by atoms with Crippen LogP contribution >= 0.6 is 0 Å². The third-order valence-corrected chi connectivity index (χ3v) is 10.4. The molecule has 0 N–H and O–H groups in total. The summed E-state index contributed by atoms with van der Waals surface area (Å²) in [6.45, 7) is 0. The molecule has 11 aromatic rings. The molecule has 5 nitrogen and oxygen atoms in total. The number of hydrogen-bond acceptors (Lipinski definition) is 4. The van der Waals surface area contributed by atoms with E-state index in [9.17, 15) is 0 Å². The summed E-state index contributed by atoms with van der Waals surface area (Å²) in [4.78, 5) is 14.9. The average molecular weight is 722 g/mol. The minimum absolute atomic E-state index is 0.133. The fourth-order valence-electron chi connectivity index (χ4n) is 7.74. The van der Waals surface area contributed by atoms with Crippen LogP contribution in [0.2, 0.25) is 0 Å². The highest BCUT2D eigenvalue weighted by molar-refractivity contribution is 6.14. The molecule has 56 heavy (non-hydrogen) atoms. The van der Waals surface area contributed by atoms with Crippen LogP contribution in [-0.4, -0.2) is 19.5 Å². The molecule has 0 amide bonds. The minimum atomic E-state index is -0.429. The van der Waals surface area contributed by atoms with Gasteiger partial charge in [0, 0.05) is 43.9 Å². The van der Waals surface area contributed by atoms with Crippen LogP contribution in [0.4, 0.5) is 0 Å². The van der Waals surface area contributed by atoms with Crippen LogP contribution in [0.15, 0.2) is 198 Å². The van der Waals surface area contributed by atoms with Gasteiger partial charge in [-0.15, -0.1) is 0 Å². The van der Waals surface area contributed by atoms with Gasteiger partial charge in [0.15, 0.2) is 17.5 Å². The van der Waals surface area contributed by atoms with Crippen molar-refractivity contribution in [2.75, 3.05) is 0 Å². The summed E-state index contributed by atoms with van der Waals surface area (Å²) in [7, 11) is 0. The standard InChI is InChI=1S/C51H32N4O/c1-4-14-33(15-5-1)34-26-28-36(29-27-34)50-52-49(35-16-6-2-7-17-35)53-51(54-50)43-24-13-23-42-41-22-12-21-39(47(41)56-48(42)43)37-30-31-46-44(32-37)40-20-10-11-25-45(40)55(46)38-18-8-3-9-19-38/h1-32H/i1D,4D,5D,14D,15D. The van der Waals surface area contributed by atoms with Crippen LogP contribution in [0.3, 0.4) is 0 Å². The Kier molecular flexibility index (Phi) is 6.29. The number of rotatable bonds is 6. The molecule has 0 unspecified atom stereocenters. The summed E-state index contributed by atoms with van der Waals surface area (Å²) in [5.41, 5.74) is 9.60. The van der Waals surface area contributed by atoms with Crippen molar-refractivity contribution in [3.63, 3.8) is 0 Å². The molecule has 5 heteroatoms. The zero-order chi connectivity index (χ0) is 41.4. The highest BCUT2D eigenvalue weighted by atomic mass is 16.3. The van der Waals surface area contributed by atoms with E-state index in [4.69, 9.17) is 26.2 Å². The number of benzene rings is 8. The molecule has 3 heterocycles.